The first-order chi connectivity index (χ1) is 18.7. The van der Waals surface area contributed by atoms with Crippen LogP contribution in [0.2, 0.25) is 0 Å². The van der Waals surface area contributed by atoms with Crippen LogP contribution in [0.4, 0.5) is 5.82 Å². The Morgan fingerprint density at radius 2 is 1.82 bits per heavy atom. The second-order valence-corrected chi connectivity index (χ2v) is 11.0. The number of pyridine rings is 1. The Balaban J connectivity index is 1.27. The predicted octanol–water partition coefficient (Wildman–Crippen LogP) is 4.10. The number of piperidine rings is 1. The van der Waals surface area contributed by atoms with Crippen molar-refractivity contribution in [3.8, 4) is 11.1 Å². The van der Waals surface area contributed by atoms with E-state index in [1.165, 1.54) is 6.92 Å². The van der Waals surface area contributed by atoms with E-state index >= 15 is 0 Å². The molecule has 2 amide bonds. The van der Waals surface area contributed by atoms with E-state index < -0.39 is 6.04 Å². The van der Waals surface area contributed by atoms with Crippen LogP contribution in [0.3, 0.4) is 0 Å². The van der Waals surface area contributed by atoms with Crippen molar-refractivity contribution >= 4 is 50.2 Å². The second kappa shape index (κ2) is 9.64. The third-order valence-electron chi connectivity index (χ3n) is 7.48. The monoisotopic (exact) mass is 587 g/mol. The molecule has 3 atom stereocenters. The summed E-state index contributed by atoms with van der Waals surface area (Å²) in [5.74, 6) is 0.828. The number of likely N-dealkylation sites (tertiary alicyclic amines) is 1. The van der Waals surface area contributed by atoms with E-state index in [0.29, 0.717) is 45.2 Å². The van der Waals surface area contributed by atoms with Crippen LogP contribution in [0.15, 0.2) is 47.3 Å². The summed E-state index contributed by atoms with van der Waals surface area (Å²) in [7, 11) is 0. The maximum absolute atomic E-state index is 13.6. The Labute approximate surface area is 233 Å². The van der Waals surface area contributed by atoms with Gasteiger partial charge in [0.15, 0.2) is 5.78 Å². The van der Waals surface area contributed by atoms with Crippen molar-refractivity contribution in [3.05, 3.63) is 64.4 Å². The Morgan fingerprint density at radius 1 is 1.05 bits per heavy atom. The number of Topliss-reactive ketones (excluding diaryl/α,β-unsaturated/α-hetero) is 1. The van der Waals surface area contributed by atoms with Gasteiger partial charge in [-0.15, -0.1) is 0 Å². The molecule has 1 aliphatic heterocycles. The largest absolute Gasteiger partial charge is 0.326 e. The average Bonchev–Trinajstić information content (AvgIpc) is 3.41. The first kappa shape index (κ1) is 25.3. The van der Waals surface area contributed by atoms with Crippen LogP contribution in [0.5, 0.6) is 0 Å². The molecular formula is C28H26BrN7O3. The van der Waals surface area contributed by atoms with Crippen LogP contribution in [0.25, 0.3) is 22.0 Å². The first-order valence-electron chi connectivity index (χ1n) is 12.8. The highest BCUT2D eigenvalue weighted by Gasteiger charge is 2.56. The molecule has 198 valence electrons. The van der Waals surface area contributed by atoms with E-state index in [0.717, 1.165) is 23.1 Å². The van der Waals surface area contributed by atoms with Gasteiger partial charge in [0, 0.05) is 36.3 Å². The molecule has 10 nitrogen and oxygen atoms in total. The van der Waals surface area contributed by atoms with Gasteiger partial charge in [0.05, 0.1) is 5.52 Å². The Hall–Kier alpha value is -3.99. The molecule has 1 saturated carbocycles. The number of hydrogen-bond acceptors (Lipinski definition) is 7. The zero-order valence-electron chi connectivity index (χ0n) is 21.7. The van der Waals surface area contributed by atoms with Crippen molar-refractivity contribution in [3.63, 3.8) is 0 Å². The van der Waals surface area contributed by atoms with Crippen molar-refractivity contribution < 1.29 is 14.4 Å². The summed E-state index contributed by atoms with van der Waals surface area (Å²) < 4.78 is 2.18. The summed E-state index contributed by atoms with van der Waals surface area (Å²) in [5.41, 5.74) is 3.48. The summed E-state index contributed by atoms with van der Waals surface area (Å²) in [6, 6.07) is 8.79. The minimum Gasteiger partial charge on any atom is -0.326 e. The van der Waals surface area contributed by atoms with Crippen molar-refractivity contribution in [2.45, 2.75) is 52.2 Å². The van der Waals surface area contributed by atoms with Gasteiger partial charge in [-0.2, -0.15) is 5.10 Å². The SMILES string of the molecule is CC(=O)c1nn(CC(=O)N2C3CC3C[C@H]2C(=O)Nc2nc(Br)ccc2C)c2ccc(-c3cnc(C)nc3)cc12. The lowest BCUT2D eigenvalue weighted by molar-refractivity contribution is -0.138. The van der Waals surface area contributed by atoms with Gasteiger partial charge < -0.3 is 10.2 Å². The second-order valence-electron chi connectivity index (χ2n) is 10.2. The number of carbonyl (C=O) groups is 3. The van der Waals surface area contributed by atoms with Crippen molar-refractivity contribution in [2.24, 2.45) is 5.92 Å². The Bertz CT molecular complexity index is 1650. The summed E-state index contributed by atoms with van der Waals surface area (Å²) in [6.07, 6.45) is 4.99. The number of aromatic nitrogens is 5. The molecular weight excluding hydrogens is 562 g/mol. The predicted molar refractivity (Wildman–Crippen MR) is 148 cm³/mol. The molecule has 0 radical (unpaired) electrons. The summed E-state index contributed by atoms with van der Waals surface area (Å²) in [5, 5.41) is 8.08. The number of hydrogen-bond donors (Lipinski definition) is 1. The van der Waals surface area contributed by atoms with Crippen LogP contribution in [0.1, 0.15) is 41.6 Å². The molecule has 3 aromatic heterocycles. The lowest BCUT2D eigenvalue weighted by Crippen LogP contribution is -2.47. The van der Waals surface area contributed by atoms with Crippen molar-refractivity contribution in [1.29, 1.82) is 0 Å². The Morgan fingerprint density at radius 3 is 2.56 bits per heavy atom. The highest BCUT2D eigenvalue weighted by Crippen LogP contribution is 2.48. The number of aryl methyl sites for hydroxylation is 2. The van der Waals surface area contributed by atoms with Crippen LogP contribution in [-0.4, -0.2) is 59.3 Å². The van der Waals surface area contributed by atoms with Gasteiger partial charge in [0.1, 0.15) is 34.5 Å². The lowest BCUT2D eigenvalue weighted by Gasteiger charge is -2.27. The van der Waals surface area contributed by atoms with E-state index in [1.54, 1.807) is 22.0 Å². The van der Waals surface area contributed by atoms with Crippen molar-refractivity contribution in [2.75, 3.05) is 5.32 Å². The minimum atomic E-state index is -0.580. The number of benzene rings is 1. The van der Waals surface area contributed by atoms with Gasteiger partial charge in [-0.1, -0.05) is 12.1 Å². The number of ketones is 1. The zero-order valence-corrected chi connectivity index (χ0v) is 23.3. The first-order valence-corrected chi connectivity index (χ1v) is 13.5. The van der Waals surface area contributed by atoms with E-state index in [4.69, 9.17) is 0 Å². The molecule has 1 N–H and O–H groups in total. The fourth-order valence-corrected chi connectivity index (χ4v) is 5.68. The molecule has 6 rings (SSSR count). The molecule has 39 heavy (non-hydrogen) atoms. The summed E-state index contributed by atoms with van der Waals surface area (Å²) in [6.45, 7) is 5.08. The van der Waals surface area contributed by atoms with Crippen LogP contribution < -0.4 is 5.32 Å². The number of amides is 2. The molecule has 2 aliphatic rings. The van der Waals surface area contributed by atoms with Crippen LogP contribution >= 0.6 is 15.9 Å². The smallest absolute Gasteiger partial charge is 0.248 e. The van der Waals surface area contributed by atoms with E-state index in [2.05, 4.69) is 41.3 Å². The molecule has 4 aromatic rings. The van der Waals surface area contributed by atoms with Gasteiger partial charge in [0.25, 0.3) is 0 Å². The summed E-state index contributed by atoms with van der Waals surface area (Å²) in [4.78, 5) is 54.0. The topological polar surface area (TPSA) is 123 Å². The van der Waals surface area contributed by atoms with E-state index in [1.807, 2.05) is 44.2 Å². The van der Waals surface area contributed by atoms with Gasteiger partial charge in [-0.25, -0.2) is 15.0 Å². The van der Waals surface area contributed by atoms with Gasteiger partial charge in [0.2, 0.25) is 11.8 Å². The van der Waals surface area contributed by atoms with Gasteiger partial charge >= 0.3 is 0 Å². The van der Waals surface area contributed by atoms with Crippen molar-refractivity contribution in [1.82, 2.24) is 29.6 Å². The van der Waals surface area contributed by atoms with Gasteiger partial charge in [-0.05, 0) is 77.9 Å². The minimum absolute atomic E-state index is 0.0482. The maximum Gasteiger partial charge on any atom is 0.248 e. The Kier molecular flexibility index (Phi) is 6.25. The molecule has 11 heteroatoms. The molecule has 1 saturated heterocycles. The number of nitrogens with zero attached hydrogens (tertiary/aromatic N) is 6. The highest BCUT2D eigenvalue weighted by molar-refractivity contribution is 9.10. The van der Waals surface area contributed by atoms with Gasteiger partial charge in [-0.3, -0.25) is 19.1 Å². The molecule has 4 heterocycles. The third-order valence-corrected chi connectivity index (χ3v) is 7.92. The number of fused-ring (bicyclic) bond motifs is 2. The fourth-order valence-electron chi connectivity index (χ4n) is 5.37. The molecule has 2 fully saturated rings. The number of nitrogens with one attached hydrogen (secondary N) is 1. The quantitative estimate of drug-likeness (QED) is 0.266. The zero-order chi connectivity index (χ0) is 27.4. The average molecular weight is 588 g/mol. The molecule has 0 bridgehead atoms. The number of halogens is 1. The third kappa shape index (κ3) is 4.71. The normalized spacial score (nSPS) is 19.7. The lowest BCUT2D eigenvalue weighted by atomic mass is 10.0. The molecule has 1 aromatic carbocycles. The standard InChI is InChI=1S/C28H26BrN7O3/c1-14-4-7-24(29)32-27(14)33-28(39)23-10-18-9-22(18)36(23)25(38)13-35-21-6-5-17(19-11-30-16(3)31-12-19)8-20(21)26(34-35)15(2)37/h4-8,11-12,18,22-23H,9-10,13H2,1-3H3,(H,32,33,39)/t18?,22?,23-/m0/s1. The molecule has 1 aliphatic carbocycles. The number of rotatable bonds is 6. The molecule has 2 unspecified atom stereocenters. The fraction of sp³-hybridized carbons (Fsp3) is 0.321. The van der Waals surface area contributed by atoms with E-state index in [9.17, 15) is 14.4 Å². The molecule has 0 spiro atoms. The number of anilines is 1. The summed E-state index contributed by atoms with van der Waals surface area (Å²) >= 11 is 3.34. The van der Waals surface area contributed by atoms with E-state index in [-0.39, 0.29) is 30.2 Å². The maximum atomic E-state index is 13.6. The highest BCUT2D eigenvalue weighted by atomic mass is 79.9. The van der Waals surface area contributed by atoms with Crippen LogP contribution in [0, 0.1) is 19.8 Å². The number of carbonyl (C=O) groups excluding carboxylic acids is 3. The van der Waals surface area contributed by atoms with Crippen LogP contribution in [-0.2, 0) is 16.1 Å².